The summed E-state index contributed by atoms with van der Waals surface area (Å²) >= 11 is 0. The van der Waals surface area contributed by atoms with Crippen LogP contribution in [0.5, 0.6) is 5.75 Å². The largest absolute Gasteiger partial charge is 0.497 e. The number of aromatic nitrogens is 2. The Hall–Kier alpha value is -3.92. The van der Waals surface area contributed by atoms with Gasteiger partial charge in [0.15, 0.2) is 0 Å². The highest BCUT2D eigenvalue weighted by atomic mass is 16.5. The zero-order valence-corrected chi connectivity index (χ0v) is 13.9. The minimum atomic E-state index is -0.366. The van der Waals surface area contributed by atoms with Crippen LogP contribution >= 0.6 is 0 Å². The number of nitrogens with one attached hydrogen (secondary N) is 2. The number of benzene rings is 2. The third-order valence-electron chi connectivity index (χ3n) is 3.51. The number of rotatable bonds is 5. The van der Waals surface area contributed by atoms with Crippen molar-refractivity contribution in [3.8, 4) is 11.8 Å². The highest BCUT2D eigenvalue weighted by Gasteiger charge is 2.09. The molecule has 0 radical (unpaired) electrons. The lowest BCUT2D eigenvalue weighted by molar-refractivity contribution is 0.102. The van der Waals surface area contributed by atoms with Crippen molar-refractivity contribution in [3.63, 3.8) is 0 Å². The van der Waals surface area contributed by atoms with Gasteiger partial charge in [-0.25, -0.2) is 9.97 Å². The second-order valence-electron chi connectivity index (χ2n) is 5.26. The number of nitriles is 1. The Kier molecular flexibility index (Phi) is 5.05. The Bertz CT molecular complexity index is 947. The van der Waals surface area contributed by atoms with Gasteiger partial charge in [0.05, 0.1) is 18.7 Å². The molecule has 0 saturated carbocycles. The molecule has 2 N–H and O–H groups in total. The van der Waals surface area contributed by atoms with E-state index in [1.165, 1.54) is 12.3 Å². The third kappa shape index (κ3) is 4.13. The first kappa shape index (κ1) is 16.9. The second-order valence-corrected chi connectivity index (χ2v) is 5.26. The van der Waals surface area contributed by atoms with Crippen molar-refractivity contribution in [3.05, 3.63) is 72.1 Å². The molecule has 0 fully saturated rings. The van der Waals surface area contributed by atoms with E-state index in [4.69, 9.17) is 10.00 Å². The van der Waals surface area contributed by atoms with E-state index < -0.39 is 0 Å². The second kappa shape index (κ2) is 7.77. The summed E-state index contributed by atoms with van der Waals surface area (Å²) in [5, 5.41) is 14.6. The number of anilines is 3. The van der Waals surface area contributed by atoms with Crippen molar-refractivity contribution in [2.45, 2.75) is 0 Å². The van der Waals surface area contributed by atoms with Crippen molar-refractivity contribution in [2.75, 3.05) is 17.7 Å². The first-order chi connectivity index (χ1) is 12.7. The lowest BCUT2D eigenvalue weighted by Crippen LogP contribution is -2.14. The first-order valence-electron chi connectivity index (χ1n) is 7.73. The maximum absolute atomic E-state index is 12.3. The summed E-state index contributed by atoms with van der Waals surface area (Å²) in [7, 11) is 1.60. The summed E-state index contributed by atoms with van der Waals surface area (Å²) in [6.45, 7) is 0. The minimum Gasteiger partial charge on any atom is -0.497 e. The quantitative estimate of drug-likeness (QED) is 0.735. The van der Waals surface area contributed by atoms with Crippen molar-refractivity contribution in [1.29, 1.82) is 5.26 Å². The zero-order valence-electron chi connectivity index (χ0n) is 13.9. The Morgan fingerprint density at radius 3 is 2.38 bits per heavy atom. The fraction of sp³-hybridized carbons (Fsp3) is 0.0526. The maximum atomic E-state index is 12.3. The van der Waals surface area contributed by atoms with Crippen molar-refractivity contribution >= 4 is 23.2 Å². The van der Waals surface area contributed by atoms with E-state index in [-0.39, 0.29) is 11.6 Å². The predicted molar refractivity (Wildman–Crippen MR) is 97.4 cm³/mol. The van der Waals surface area contributed by atoms with Gasteiger partial charge in [-0.05, 0) is 54.6 Å². The summed E-state index contributed by atoms with van der Waals surface area (Å²) in [5.74, 6) is 0.685. The number of hydrogen-bond donors (Lipinski definition) is 2. The molecule has 0 atom stereocenters. The van der Waals surface area contributed by atoms with Gasteiger partial charge in [0.2, 0.25) is 5.95 Å². The molecule has 0 aliphatic heterocycles. The van der Waals surface area contributed by atoms with E-state index >= 15 is 0 Å². The van der Waals surface area contributed by atoms with Crippen molar-refractivity contribution in [1.82, 2.24) is 9.97 Å². The molecule has 0 saturated heterocycles. The number of hydrogen-bond acceptors (Lipinski definition) is 6. The standard InChI is InChI=1S/C19H15N5O2/c1-26-16-8-6-15(7-9-16)23-19-21-11-10-17(24-19)18(25)22-14-4-2-13(12-20)3-5-14/h2-11H,1H3,(H,22,25)(H,21,23,24). The van der Waals surface area contributed by atoms with Gasteiger partial charge < -0.3 is 15.4 Å². The topological polar surface area (TPSA) is 99.9 Å². The molecule has 1 heterocycles. The lowest BCUT2D eigenvalue weighted by atomic mass is 10.2. The summed E-state index contributed by atoms with van der Waals surface area (Å²) in [5.41, 5.74) is 2.10. The summed E-state index contributed by atoms with van der Waals surface area (Å²) < 4.78 is 5.11. The van der Waals surface area contributed by atoms with Gasteiger partial charge in [-0.15, -0.1) is 0 Å². The normalized spacial score (nSPS) is 9.85. The number of nitrogens with zero attached hydrogens (tertiary/aromatic N) is 3. The molecule has 0 aliphatic carbocycles. The van der Waals surface area contributed by atoms with Crippen LogP contribution in [0.4, 0.5) is 17.3 Å². The average Bonchev–Trinajstić information content (AvgIpc) is 2.69. The molecular formula is C19H15N5O2. The molecule has 3 rings (SSSR count). The molecule has 7 nitrogen and oxygen atoms in total. The van der Waals surface area contributed by atoms with Crippen LogP contribution in [0, 0.1) is 11.3 Å². The van der Waals surface area contributed by atoms with E-state index in [0.717, 1.165) is 11.4 Å². The smallest absolute Gasteiger partial charge is 0.274 e. The van der Waals surface area contributed by atoms with Gasteiger partial charge in [-0.2, -0.15) is 5.26 Å². The van der Waals surface area contributed by atoms with Gasteiger partial charge in [-0.1, -0.05) is 0 Å². The molecule has 7 heteroatoms. The Morgan fingerprint density at radius 2 is 1.73 bits per heavy atom. The van der Waals surface area contributed by atoms with Crippen LogP contribution in [-0.4, -0.2) is 23.0 Å². The van der Waals surface area contributed by atoms with Crippen LogP contribution in [0.15, 0.2) is 60.8 Å². The molecule has 0 bridgehead atoms. The summed E-state index contributed by atoms with van der Waals surface area (Å²) in [4.78, 5) is 20.7. The molecule has 0 aliphatic rings. The van der Waals surface area contributed by atoms with E-state index in [0.29, 0.717) is 17.2 Å². The predicted octanol–water partition coefficient (Wildman–Crippen LogP) is 3.35. The van der Waals surface area contributed by atoms with Crippen LogP contribution in [0.3, 0.4) is 0 Å². The molecule has 0 spiro atoms. The first-order valence-corrected chi connectivity index (χ1v) is 7.73. The molecule has 26 heavy (non-hydrogen) atoms. The van der Waals surface area contributed by atoms with Crippen molar-refractivity contribution < 1.29 is 9.53 Å². The van der Waals surface area contributed by atoms with Gasteiger partial charge >= 0.3 is 0 Å². The number of carbonyl (C=O) groups excluding carboxylic acids is 1. The minimum absolute atomic E-state index is 0.223. The highest BCUT2D eigenvalue weighted by molar-refractivity contribution is 6.03. The summed E-state index contributed by atoms with van der Waals surface area (Å²) in [6, 6.07) is 17.4. The molecule has 128 valence electrons. The SMILES string of the molecule is COc1ccc(Nc2nccc(C(=O)Nc3ccc(C#N)cc3)n2)cc1. The fourth-order valence-corrected chi connectivity index (χ4v) is 2.17. The number of amides is 1. The molecule has 3 aromatic rings. The van der Waals surface area contributed by atoms with E-state index in [9.17, 15) is 4.79 Å². The van der Waals surface area contributed by atoms with E-state index in [1.54, 1.807) is 31.4 Å². The van der Waals surface area contributed by atoms with Gasteiger partial charge in [0.25, 0.3) is 5.91 Å². The average molecular weight is 345 g/mol. The van der Waals surface area contributed by atoms with Crippen LogP contribution < -0.4 is 15.4 Å². The molecule has 1 aromatic heterocycles. The Morgan fingerprint density at radius 1 is 1.04 bits per heavy atom. The zero-order chi connectivity index (χ0) is 18.4. The molecular weight excluding hydrogens is 330 g/mol. The van der Waals surface area contributed by atoms with Crippen LogP contribution in [-0.2, 0) is 0 Å². The molecule has 0 unspecified atom stereocenters. The van der Waals surface area contributed by atoms with Crippen LogP contribution in [0.25, 0.3) is 0 Å². The van der Waals surface area contributed by atoms with Crippen LogP contribution in [0.1, 0.15) is 16.1 Å². The number of carbonyl (C=O) groups is 1. The molecule has 2 aromatic carbocycles. The van der Waals surface area contributed by atoms with E-state index in [2.05, 4.69) is 20.6 Å². The molecule has 1 amide bonds. The number of methoxy groups -OCH3 is 1. The van der Waals surface area contributed by atoms with Gasteiger partial charge in [-0.3, -0.25) is 4.79 Å². The monoisotopic (exact) mass is 345 g/mol. The maximum Gasteiger partial charge on any atom is 0.274 e. The van der Waals surface area contributed by atoms with E-state index in [1.807, 2.05) is 30.3 Å². The summed E-state index contributed by atoms with van der Waals surface area (Å²) in [6.07, 6.45) is 1.51. The van der Waals surface area contributed by atoms with Crippen LogP contribution in [0.2, 0.25) is 0 Å². The third-order valence-corrected chi connectivity index (χ3v) is 3.51. The van der Waals surface area contributed by atoms with Gasteiger partial charge in [0, 0.05) is 17.6 Å². The van der Waals surface area contributed by atoms with Gasteiger partial charge in [0.1, 0.15) is 11.4 Å². The van der Waals surface area contributed by atoms with Crippen molar-refractivity contribution in [2.24, 2.45) is 0 Å². The Labute approximate surface area is 150 Å². The number of ether oxygens (including phenoxy) is 1. The fourth-order valence-electron chi connectivity index (χ4n) is 2.17. The highest BCUT2D eigenvalue weighted by Crippen LogP contribution is 2.18. The Balaban J connectivity index is 1.71. The lowest BCUT2D eigenvalue weighted by Gasteiger charge is -2.08.